The Balaban J connectivity index is 1.33. The highest BCUT2D eigenvalue weighted by Gasteiger charge is 2.54. The number of benzene rings is 3. The van der Waals surface area contributed by atoms with Crippen LogP contribution < -0.4 is 0 Å². The van der Waals surface area contributed by atoms with Gasteiger partial charge in [-0.25, -0.2) is 14.5 Å². The minimum atomic E-state index is -0.749. The molecule has 0 unspecified atom stereocenters. The molecule has 7 heteroatoms. The SMILES string of the molecule is O=C(OCc1ccccc1)N1C[C@@H]1C(=O)N1C(=O)O[C@H](c2ccccc2)[C@@H]1c1ccccc1. The molecule has 3 aromatic rings. The number of carbonyl (C=O) groups is 3. The Kier molecular flexibility index (Phi) is 5.52. The normalized spacial score (nSPS) is 21.5. The van der Waals surface area contributed by atoms with E-state index in [2.05, 4.69) is 0 Å². The van der Waals surface area contributed by atoms with Crippen LogP contribution in [-0.2, 0) is 20.9 Å². The molecule has 166 valence electrons. The highest BCUT2D eigenvalue weighted by Crippen LogP contribution is 2.44. The van der Waals surface area contributed by atoms with Gasteiger partial charge < -0.3 is 9.47 Å². The van der Waals surface area contributed by atoms with Crippen molar-refractivity contribution in [2.75, 3.05) is 6.54 Å². The molecule has 0 aliphatic carbocycles. The van der Waals surface area contributed by atoms with Crippen molar-refractivity contribution >= 4 is 18.1 Å². The number of rotatable bonds is 5. The topological polar surface area (TPSA) is 75.9 Å². The number of carbonyl (C=O) groups excluding carboxylic acids is 3. The summed E-state index contributed by atoms with van der Waals surface area (Å²) in [5.74, 6) is -0.469. The summed E-state index contributed by atoms with van der Waals surface area (Å²) < 4.78 is 11.0. The maximum Gasteiger partial charge on any atom is 0.418 e. The molecule has 0 bridgehead atoms. The number of nitrogens with zero attached hydrogens (tertiary/aromatic N) is 2. The Labute approximate surface area is 191 Å². The van der Waals surface area contributed by atoms with E-state index in [9.17, 15) is 14.4 Å². The number of amides is 3. The fourth-order valence-corrected chi connectivity index (χ4v) is 4.09. The molecule has 0 N–H and O–H groups in total. The third-order valence-corrected chi connectivity index (χ3v) is 5.83. The second-order valence-electron chi connectivity index (χ2n) is 7.99. The summed E-state index contributed by atoms with van der Waals surface area (Å²) in [6, 6.07) is 26.6. The lowest BCUT2D eigenvalue weighted by Crippen LogP contribution is -2.39. The lowest BCUT2D eigenvalue weighted by molar-refractivity contribution is -0.129. The van der Waals surface area contributed by atoms with Gasteiger partial charge in [0.1, 0.15) is 18.7 Å². The first-order valence-corrected chi connectivity index (χ1v) is 10.7. The number of hydrogen-bond donors (Lipinski definition) is 0. The number of cyclic esters (lactones) is 1. The second kappa shape index (κ2) is 8.78. The maximum absolute atomic E-state index is 13.3. The molecule has 0 spiro atoms. The van der Waals surface area contributed by atoms with Gasteiger partial charge in [-0.15, -0.1) is 0 Å². The molecule has 2 saturated heterocycles. The van der Waals surface area contributed by atoms with Crippen molar-refractivity contribution in [3.63, 3.8) is 0 Å². The molecular weight excluding hydrogens is 420 g/mol. The van der Waals surface area contributed by atoms with E-state index in [-0.39, 0.29) is 13.2 Å². The zero-order valence-corrected chi connectivity index (χ0v) is 17.7. The van der Waals surface area contributed by atoms with Crippen molar-refractivity contribution in [2.45, 2.75) is 24.8 Å². The zero-order chi connectivity index (χ0) is 22.8. The molecule has 2 fully saturated rings. The monoisotopic (exact) mass is 442 g/mol. The van der Waals surface area contributed by atoms with Crippen LogP contribution in [0.25, 0.3) is 0 Å². The molecular formula is C26H22N2O5. The van der Waals surface area contributed by atoms with Gasteiger partial charge in [0.05, 0.1) is 6.54 Å². The lowest BCUT2D eigenvalue weighted by atomic mass is 9.95. The summed E-state index contributed by atoms with van der Waals surface area (Å²) in [6.07, 6.45) is -1.94. The van der Waals surface area contributed by atoms with Gasteiger partial charge in [-0.2, -0.15) is 0 Å². The smallest absolute Gasteiger partial charge is 0.418 e. The molecule has 2 heterocycles. The lowest BCUT2D eigenvalue weighted by Gasteiger charge is -2.24. The van der Waals surface area contributed by atoms with Gasteiger partial charge in [-0.3, -0.25) is 9.69 Å². The molecule has 5 rings (SSSR count). The van der Waals surface area contributed by atoms with Crippen LogP contribution in [0.2, 0.25) is 0 Å². The molecule has 33 heavy (non-hydrogen) atoms. The molecule has 2 aliphatic rings. The van der Waals surface area contributed by atoms with Crippen LogP contribution in [0.1, 0.15) is 28.8 Å². The van der Waals surface area contributed by atoms with Crippen LogP contribution in [0, 0.1) is 0 Å². The molecule has 7 nitrogen and oxygen atoms in total. The summed E-state index contributed by atoms with van der Waals surface area (Å²) >= 11 is 0. The fourth-order valence-electron chi connectivity index (χ4n) is 4.09. The molecule has 2 aliphatic heterocycles. The van der Waals surface area contributed by atoms with Crippen molar-refractivity contribution in [1.29, 1.82) is 0 Å². The Morgan fingerprint density at radius 2 is 1.42 bits per heavy atom. The average molecular weight is 442 g/mol. The van der Waals surface area contributed by atoms with Crippen molar-refractivity contribution < 1.29 is 23.9 Å². The van der Waals surface area contributed by atoms with E-state index in [0.717, 1.165) is 21.6 Å². The number of imide groups is 1. The minimum absolute atomic E-state index is 0.117. The molecule has 0 radical (unpaired) electrons. The van der Waals surface area contributed by atoms with E-state index in [4.69, 9.17) is 9.47 Å². The largest absolute Gasteiger partial charge is 0.445 e. The first-order chi connectivity index (χ1) is 16.1. The maximum atomic E-state index is 13.3. The molecule has 3 atom stereocenters. The quantitative estimate of drug-likeness (QED) is 0.545. The van der Waals surface area contributed by atoms with Crippen LogP contribution in [0.15, 0.2) is 91.0 Å². The van der Waals surface area contributed by atoms with Crippen LogP contribution in [0.3, 0.4) is 0 Å². The zero-order valence-electron chi connectivity index (χ0n) is 17.7. The fraction of sp³-hybridized carbons (Fsp3) is 0.192. The third kappa shape index (κ3) is 4.17. The first-order valence-electron chi connectivity index (χ1n) is 10.7. The van der Waals surface area contributed by atoms with Gasteiger partial charge in [0, 0.05) is 0 Å². The van der Waals surface area contributed by atoms with E-state index in [1.807, 2.05) is 91.0 Å². The number of hydrogen-bond acceptors (Lipinski definition) is 5. The molecule has 0 aromatic heterocycles. The van der Waals surface area contributed by atoms with E-state index in [1.54, 1.807) is 0 Å². The number of ether oxygens (including phenoxy) is 2. The standard InChI is InChI=1S/C26H22N2O5/c29-24(21-16-27(21)25(30)32-17-18-10-4-1-5-11-18)28-22(19-12-6-2-7-13-19)23(33-26(28)31)20-14-8-3-9-15-20/h1-15,21-23H,16-17H2/t21-,22+,23-,27?/m1/s1. The van der Waals surface area contributed by atoms with Crippen LogP contribution >= 0.6 is 0 Å². The van der Waals surface area contributed by atoms with Gasteiger partial charge in [-0.05, 0) is 16.7 Å². The second-order valence-corrected chi connectivity index (χ2v) is 7.99. The summed E-state index contributed by atoms with van der Waals surface area (Å²) in [7, 11) is 0. The summed E-state index contributed by atoms with van der Waals surface area (Å²) in [4.78, 5) is 41.1. The van der Waals surface area contributed by atoms with Crippen molar-refractivity contribution in [2.24, 2.45) is 0 Å². The Morgan fingerprint density at radius 3 is 2.06 bits per heavy atom. The Morgan fingerprint density at radius 1 is 0.848 bits per heavy atom. The third-order valence-electron chi connectivity index (χ3n) is 5.83. The van der Waals surface area contributed by atoms with E-state index in [0.29, 0.717) is 0 Å². The van der Waals surface area contributed by atoms with Gasteiger partial charge in [0.15, 0.2) is 6.10 Å². The first kappa shape index (κ1) is 20.8. The van der Waals surface area contributed by atoms with Crippen molar-refractivity contribution in [3.8, 4) is 0 Å². The Hall–Kier alpha value is -4.13. The van der Waals surface area contributed by atoms with E-state index >= 15 is 0 Å². The van der Waals surface area contributed by atoms with Crippen LogP contribution in [-0.4, -0.2) is 40.5 Å². The Bertz CT molecular complexity index is 1150. The summed E-state index contributed by atoms with van der Waals surface area (Å²) in [5.41, 5.74) is 2.43. The van der Waals surface area contributed by atoms with Gasteiger partial charge >= 0.3 is 12.2 Å². The predicted octanol–water partition coefficient (Wildman–Crippen LogP) is 4.47. The minimum Gasteiger partial charge on any atom is -0.445 e. The highest BCUT2D eigenvalue weighted by atomic mass is 16.6. The molecule has 3 aromatic carbocycles. The summed E-state index contributed by atoms with van der Waals surface area (Å²) in [5, 5.41) is 0. The van der Waals surface area contributed by atoms with Gasteiger partial charge in [0.25, 0.3) is 5.91 Å². The summed E-state index contributed by atoms with van der Waals surface area (Å²) in [6.45, 7) is 0.319. The van der Waals surface area contributed by atoms with E-state index in [1.165, 1.54) is 4.90 Å². The van der Waals surface area contributed by atoms with Crippen LogP contribution in [0.4, 0.5) is 9.59 Å². The van der Waals surface area contributed by atoms with Crippen LogP contribution in [0.5, 0.6) is 0 Å². The predicted molar refractivity (Wildman–Crippen MR) is 119 cm³/mol. The molecule has 0 saturated carbocycles. The van der Waals surface area contributed by atoms with Gasteiger partial charge in [-0.1, -0.05) is 91.0 Å². The van der Waals surface area contributed by atoms with Gasteiger partial charge in [0.2, 0.25) is 0 Å². The highest BCUT2D eigenvalue weighted by molar-refractivity contribution is 6.00. The van der Waals surface area contributed by atoms with Crippen molar-refractivity contribution in [1.82, 2.24) is 9.80 Å². The van der Waals surface area contributed by atoms with Crippen molar-refractivity contribution in [3.05, 3.63) is 108 Å². The average Bonchev–Trinajstić information content (AvgIpc) is 3.60. The molecule has 3 amide bonds. The van der Waals surface area contributed by atoms with E-state index < -0.39 is 36.3 Å².